The summed E-state index contributed by atoms with van der Waals surface area (Å²) in [4.78, 5) is 14.8. The maximum absolute atomic E-state index is 14.2. The minimum absolute atomic E-state index is 0.188. The average Bonchev–Trinajstić information content (AvgIpc) is 2.88. The van der Waals surface area contributed by atoms with Crippen LogP contribution in [0.15, 0.2) is 77.1 Å². The first-order valence-corrected chi connectivity index (χ1v) is 11.8. The maximum atomic E-state index is 14.2. The summed E-state index contributed by atoms with van der Waals surface area (Å²) in [5.74, 6) is 3.57. The fraction of sp³-hybridized carbons (Fsp3) is 0.259. The summed E-state index contributed by atoms with van der Waals surface area (Å²) < 4.78 is 47.0. The molecule has 1 aliphatic rings. The Bertz CT molecular complexity index is 1310. The van der Waals surface area contributed by atoms with E-state index in [-0.39, 0.29) is 23.9 Å². The SMILES string of the molecule is C[C@@H](c1ccc(-c2ccc(F)cc2F)cc1)N1CC[C@](CCC(=[NH2+])N=NN)(c2ccc(F)cc2)OC1=O. The molecule has 0 unspecified atom stereocenters. The third-order valence-electron chi connectivity index (χ3n) is 6.72. The largest absolute Gasteiger partial charge is 0.438 e. The molecule has 1 heterocycles. The molecule has 1 amide bonds. The van der Waals surface area contributed by atoms with Crippen molar-refractivity contribution in [3.05, 3.63) is 95.3 Å². The molecule has 1 fully saturated rings. The molecule has 7 nitrogen and oxygen atoms in total. The summed E-state index contributed by atoms with van der Waals surface area (Å²) >= 11 is 0. The van der Waals surface area contributed by atoms with Gasteiger partial charge in [-0.2, -0.15) is 0 Å². The smallest absolute Gasteiger partial charge is 0.411 e. The van der Waals surface area contributed by atoms with Gasteiger partial charge in [0.1, 0.15) is 23.1 Å². The highest BCUT2D eigenvalue weighted by atomic mass is 19.1. The summed E-state index contributed by atoms with van der Waals surface area (Å²) in [5.41, 5.74) is 1.32. The molecular weight excluding hydrogens is 483 g/mol. The van der Waals surface area contributed by atoms with Crippen molar-refractivity contribution in [1.82, 2.24) is 4.90 Å². The van der Waals surface area contributed by atoms with Crippen LogP contribution in [-0.4, -0.2) is 23.4 Å². The minimum Gasteiger partial charge on any atom is -0.438 e. The van der Waals surface area contributed by atoms with Gasteiger partial charge in [0.05, 0.1) is 17.6 Å². The summed E-state index contributed by atoms with van der Waals surface area (Å²) in [5, 5.41) is 12.7. The number of hydrogen-bond donors (Lipinski definition) is 2. The van der Waals surface area contributed by atoms with E-state index in [2.05, 4.69) is 10.3 Å². The van der Waals surface area contributed by atoms with E-state index in [0.29, 0.717) is 30.5 Å². The summed E-state index contributed by atoms with van der Waals surface area (Å²) in [7, 11) is 0. The molecule has 0 saturated carbocycles. The van der Waals surface area contributed by atoms with E-state index in [0.717, 1.165) is 11.6 Å². The quantitative estimate of drug-likeness (QED) is 0.156. The van der Waals surface area contributed by atoms with Gasteiger partial charge in [0.25, 0.3) is 0 Å². The zero-order valence-corrected chi connectivity index (χ0v) is 20.2. The molecule has 10 heteroatoms. The highest BCUT2D eigenvalue weighted by Gasteiger charge is 2.44. The van der Waals surface area contributed by atoms with Crippen LogP contribution in [0.2, 0.25) is 0 Å². The second-order valence-corrected chi connectivity index (χ2v) is 8.94. The fourth-order valence-electron chi connectivity index (χ4n) is 4.60. The molecule has 0 bridgehead atoms. The molecule has 0 spiro atoms. The Kier molecular flexibility index (Phi) is 7.56. The number of carbonyl (C=O) groups is 1. The molecule has 1 saturated heterocycles. The van der Waals surface area contributed by atoms with E-state index >= 15 is 0 Å². The molecule has 37 heavy (non-hydrogen) atoms. The summed E-state index contributed by atoms with van der Waals surface area (Å²) in [6.07, 6.45) is 0.481. The van der Waals surface area contributed by atoms with Gasteiger partial charge in [0.15, 0.2) is 0 Å². The number of ether oxygens (including phenoxy) is 1. The van der Waals surface area contributed by atoms with Crippen molar-refractivity contribution in [2.45, 2.75) is 37.8 Å². The number of amidine groups is 1. The van der Waals surface area contributed by atoms with E-state index < -0.39 is 29.1 Å². The van der Waals surface area contributed by atoms with Crippen molar-refractivity contribution in [2.24, 2.45) is 16.2 Å². The van der Waals surface area contributed by atoms with Gasteiger partial charge in [0, 0.05) is 36.2 Å². The third kappa shape index (κ3) is 5.63. The number of cyclic esters (lactones) is 1. The Morgan fingerprint density at radius 3 is 2.38 bits per heavy atom. The highest BCUT2D eigenvalue weighted by Crippen LogP contribution is 2.40. The van der Waals surface area contributed by atoms with Crippen LogP contribution >= 0.6 is 0 Å². The Morgan fingerprint density at radius 1 is 1.08 bits per heavy atom. The molecule has 4 N–H and O–H groups in total. The molecule has 2 atom stereocenters. The van der Waals surface area contributed by atoms with Gasteiger partial charge in [-0.15, -0.1) is 0 Å². The molecular formula is C27H27F3N5O2+. The van der Waals surface area contributed by atoms with Gasteiger partial charge in [-0.1, -0.05) is 36.4 Å². The summed E-state index contributed by atoms with van der Waals surface area (Å²) in [6, 6.07) is 16.0. The Morgan fingerprint density at radius 2 is 1.76 bits per heavy atom. The van der Waals surface area contributed by atoms with Crippen LogP contribution in [0.25, 0.3) is 11.1 Å². The third-order valence-corrected chi connectivity index (χ3v) is 6.72. The number of carbonyl (C=O) groups excluding carboxylic acids is 1. The molecule has 4 rings (SSSR count). The van der Waals surface area contributed by atoms with Crippen LogP contribution in [0.1, 0.15) is 43.4 Å². The van der Waals surface area contributed by atoms with Gasteiger partial charge in [-0.3, -0.25) is 11.3 Å². The number of nitrogens with two attached hydrogens (primary N) is 2. The van der Waals surface area contributed by atoms with Gasteiger partial charge >= 0.3 is 11.9 Å². The Labute approximate surface area is 212 Å². The maximum Gasteiger partial charge on any atom is 0.411 e. The van der Waals surface area contributed by atoms with Crippen LogP contribution < -0.4 is 11.3 Å². The highest BCUT2D eigenvalue weighted by molar-refractivity contribution is 5.76. The Hall–Kier alpha value is -4.21. The van der Waals surface area contributed by atoms with Crippen molar-refractivity contribution in [3.8, 4) is 11.1 Å². The predicted octanol–water partition coefficient (Wildman–Crippen LogP) is 4.83. The minimum atomic E-state index is -1.03. The van der Waals surface area contributed by atoms with Crippen LogP contribution in [0.5, 0.6) is 0 Å². The zero-order valence-electron chi connectivity index (χ0n) is 20.2. The van der Waals surface area contributed by atoms with Crippen LogP contribution in [0.4, 0.5) is 18.0 Å². The second kappa shape index (κ2) is 10.8. The van der Waals surface area contributed by atoms with Gasteiger partial charge in [-0.25, -0.2) is 18.0 Å². The standard InChI is InChI=1S/C27H26F3N5O2/c1-17(18-2-4-19(5-3-18)23-11-10-22(29)16-24(23)30)35-15-14-27(37-26(35)36,13-12-25(31)33-34-32)20-6-8-21(28)9-7-20/h2-11,16-17H,12-15H2,1H3,(H3,31,32,33)/p+1/t17-,27+/m0/s1. The van der Waals surface area contributed by atoms with Crippen LogP contribution in [-0.2, 0) is 10.3 Å². The van der Waals surface area contributed by atoms with E-state index in [9.17, 15) is 18.0 Å². The molecule has 1 aliphatic heterocycles. The van der Waals surface area contributed by atoms with Crippen molar-refractivity contribution >= 4 is 11.9 Å². The van der Waals surface area contributed by atoms with E-state index in [1.165, 1.54) is 24.3 Å². The lowest BCUT2D eigenvalue weighted by molar-refractivity contribution is -0.121. The molecule has 0 aromatic heterocycles. The van der Waals surface area contributed by atoms with Gasteiger partial charge < -0.3 is 9.64 Å². The van der Waals surface area contributed by atoms with Crippen molar-refractivity contribution in [3.63, 3.8) is 0 Å². The monoisotopic (exact) mass is 510 g/mol. The zero-order chi connectivity index (χ0) is 26.6. The molecule has 0 radical (unpaired) electrons. The van der Waals surface area contributed by atoms with Crippen LogP contribution in [0.3, 0.4) is 0 Å². The first kappa shape index (κ1) is 25.9. The van der Waals surface area contributed by atoms with Gasteiger partial charge in [0.2, 0.25) is 0 Å². The lowest BCUT2D eigenvalue weighted by atomic mass is 9.84. The van der Waals surface area contributed by atoms with Crippen molar-refractivity contribution < 1.29 is 28.1 Å². The number of benzene rings is 3. The summed E-state index contributed by atoms with van der Waals surface area (Å²) in [6.45, 7) is 2.23. The lowest BCUT2D eigenvalue weighted by Crippen LogP contribution is -2.49. The first-order valence-electron chi connectivity index (χ1n) is 11.8. The fourth-order valence-corrected chi connectivity index (χ4v) is 4.60. The molecule has 192 valence electrons. The lowest BCUT2D eigenvalue weighted by Gasteiger charge is -2.43. The molecule has 0 aliphatic carbocycles. The van der Waals surface area contributed by atoms with E-state index in [1.54, 1.807) is 41.3 Å². The number of hydrogen-bond acceptors (Lipinski definition) is 3. The van der Waals surface area contributed by atoms with E-state index in [1.807, 2.05) is 6.92 Å². The first-order chi connectivity index (χ1) is 17.7. The van der Waals surface area contributed by atoms with Gasteiger partial charge in [-0.05, 0) is 47.9 Å². The number of halogens is 3. The molecule has 3 aromatic rings. The van der Waals surface area contributed by atoms with Crippen LogP contribution in [0, 0.1) is 17.5 Å². The predicted molar refractivity (Wildman–Crippen MR) is 131 cm³/mol. The normalized spacial score (nSPS) is 18.6. The molecule has 3 aromatic carbocycles. The topological polar surface area (TPSA) is 106 Å². The Balaban J connectivity index is 1.53. The second-order valence-electron chi connectivity index (χ2n) is 8.94. The number of amides is 1. The number of nitrogens with zero attached hydrogens (tertiary/aromatic N) is 3. The van der Waals surface area contributed by atoms with E-state index in [4.69, 9.17) is 16.0 Å². The number of rotatable bonds is 7. The average molecular weight is 511 g/mol. The van der Waals surface area contributed by atoms with Crippen molar-refractivity contribution in [2.75, 3.05) is 6.54 Å². The van der Waals surface area contributed by atoms with Crippen molar-refractivity contribution in [1.29, 1.82) is 0 Å².